The molecule has 0 spiro atoms. The maximum Gasteiger partial charge on any atom is 0.315 e. The number of rotatable bonds is 3. The third kappa shape index (κ3) is 2.61. The van der Waals surface area contributed by atoms with Gasteiger partial charge in [-0.3, -0.25) is 4.79 Å². The van der Waals surface area contributed by atoms with Crippen molar-refractivity contribution >= 4 is 17.6 Å². The molecule has 1 heterocycles. The van der Waals surface area contributed by atoms with Gasteiger partial charge in [-0.1, -0.05) is 18.2 Å². The molecule has 1 saturated heterocycles. The van der Waals surface area contributed by atoms with Crippen molar-refractivity contribution < 1.29 is 9.59 Å². The molecule has 2 rings (SSSR count). The molecular formula is C13H17N3O2. The van der Waals surface area contributed by atoms with Crippen molar-refractivity contribution in [3.63, 3.8) is 0 Å². The highest BCUT2D eigenvalue weighted by Crippen LogP contribution is 2.20. The second kappa shape index (κ2) is 5.53. The van der Waals surface area contributed by atoms with Gasteiger partial charge in [-0.15, -0.1) is 0 Å². The van der Waals surface area contributed by atoms with Gasteiger partial charge >= 0.3 is 6.03 Å². The lowest BCUT2D eigenvalue weighted by Crippen LogP contribution is -2.46. The van der Waals surface area contributed by atoms with E-state index in [1.165, 1.54) is 0 Å². The number of carbonyl (C=O) groups excluding carboxylic acids is 2. The van der Waals surface area contributed by atoms with Crippen LogP contribution in [0.4, 0.5) is 10.5 Å². The Hall–Kier alpha value is -2.04. The van der Waals surface area contributed by atoms with E-state index in [4.69, 9.17) is 0 Å². The van der Waals surface area contributed by atoms with Crippen LogP contribution in [-0.2, 0) is 4.79 Å². The van der Waals surface area contributed by atoms with Gasteiger partial charge < -0.3 is 15.5 Å². The van der Waals surface area contributed by atoms with Crippen LogP contribution in [0.1, 0.15) is 13.3 Å². The molecule has 18 heavy (non-hydrogen) atoms. The summed E-state index contributed by atoms with van der Waals surface area (Å²) in [6, 6.07) is 8.79. The number of nitrogens with one attached hydrogen (secondary N) is 2. The van der Waals surface area contributed by atoms with Crippen molar-refractivity contribution in [3.05, 3.63) is 30.3 Å². The lowest BCUT2D eigenvalue weighted by molar-refractivity contribution is -0.118. The molecule has 5 nitrogen and oxygen atoms in total. The largest absolute Gasteiger partial charge is 0.338 e. The van der Waals surface area contributed by atoms with E-state index < -0.39 is 6.04 Å². The minimum absolute atomic E-state index is 0.0487. The third-order valence-corrected chi connectivity index (χ3v) is 2.92. The van der Waals surface area contributed by atoms with Gasteiger partial charge in [0.25, 0.3) is 0 Å². The highest BCUT2D eigenvalue weighted by atomic mass is 16.2. The maximum atomic E-state index is 12.1. The van der Waals surface area contributed by atoms with E-state index in [2.05, 4.69) is 10.6 Å². The number of hydrogen-bond acceptors (Lipinski definition) is 2. The number of anilines is 1. The van der Waals surface area contributed by atoms with Gasteiger partial charge in [0.05, 0.1) is 0 Å². The molecule has 1 aromatic carbocycles. The van der Waals surface area contributed by atoms with E-state index in [1.807, 2.05) is 37.3 Å². The third-order valence-electron chi connectivity index (χ3n) is 2.92. The first-order valence-electron chi connectivity index (χ1n) is 6.13. The number of nitrogens with zero attached hydrogens (tertiary/aromatic N) is 1. The quantitative estimate of drug-likeness (QED) is 0.840. The molecule has 2 N–H and O–H groups in total. The highest BCUT2D eigenvalue weighted by Gasteiger charge is 2.33. The Labute approximate surface area is 106 Å². The number of hydrogen-bond donors (Lipinski definition) is 2. The van der Waals surface area contributed by atoms with Crippen LogP contribution < -0.4 is 15.5 Å². The summed E-state index contributed by atoms with van der Waals surface area (Å²) in [5, 5.41) is 5.31. The summed E-state index contributed by atoms with van der Waals surface area (Å²) in [6.45, 7) is 3.03. The molecule has 5 heteroatoms. The van der Waals surface area contributed by atoms with E-state index >= 15 is 0 Å². The Morgan fingerprint density at radius 2 is 2.11 bits per heavy atom. The highest BCUT2D eigenvalue weighted by molar-refractivity contribution is 6.01. The van der Waals surface area contributed by atoms with E-state index in [0.717, 1.165) is 5.69 Å². The predicted octanol–water partition coefficient (Wildman–Crippen LogP) is 1.11. The average molecular weight is 247 g/mol. The van der Waals surface area contributed by atoms with E-state index in [-0.39, 0.29) is 11.9 Å². The van der Waals surface area contributed by atoms with Gasteiger partial charge in [0.15, 0.2) is 0 Å². The fourth-order valence-corrected chi connectivity index (χ4v) is 2.05. The van der Waals surface area contributed by atoms with E-state index in [1.54, 1.807) is 4.90 Å². The van der Waals surface area contributed by atoms with Crippen LogP contribution in [0.25, 0.3) is 0 Å². The molecule has 0 unspecified atom stereocenters. The Morgan fingerprint density at radius 1 is 1.39 bits per heavy atom. The molecule has 3 amide bonds. The van der Waals surface area contributed by atoms with Crippen LogP contribution in [-0.4, -0.2) is 31.1 Å². The number of urea groups is 1. The molecule has 96 valence electrons. The molecule has 1 aliphatic rings. The van der Waals surface area contributed by atoms with Crippen LogP contribution >= 0.6 is 0 Å². The minimum atomic E-state index is -0.420. The molecule has 0 bridgehead atoms. The average Bonchev–Trinajstić information content (AvgIpc) is 2.72. The second-order valence-electron chi connectivity index (χ2n) is 4.17. The van der Waals surface area contributed by atoms with Crippen LogP contribution in [0.15, 0.2) is 30.3 Å². The van der Waals surface area contributed by atoms with Crippen LogP contribution in [0.3, 0.4) is 0 Å². The Bertz CT molecular complexity index is 433. The smallest absolute Gasteiger partial charge is 0.315 e. The zero-order chi connectivity index (χ0) is 13.0. The normalized spacial score (nSPS) is 18.8. The standard InChI is InChI=1S/C13H17N3O2/c1-2-14-13(18)15-11-8-9-16(12(11)17)10-6-4-3-5-7-10/h3-7,11H,2,8-9H2,1H3,(H2,14,15,18)/t11-/m1/s1. The lowest BCUT2D eigenvalue weighted by Gasteiger charge is -2.17. The summed E-state index contributed by atoms with van der Waals surface area (Å²) in [5.41, 5.74) is 0.877. The van der Waals surface area contributed by atoms with Crippen molar-refractivity contribution in [1.29, 1.82) is 0 Å². The maximum absolute atomic E-state index is 12.1. The SMILES string of the molecule is CCNC(=O)N[C@@H]1CCN(c2ccccc2)C1=O. The summed E-state index contributed by atoms with van der Waals surface area (Å²) >= 11 is 0. The Balaban J connectivity index is 1.99. The molecule has 1 aromatic rings. The Morgan fingerprint density at radius 3 is 2.78 bits per heavy atom. The summed E-state index contributed by atoms with van der Waals surface area (Å²) in [7, 11) is 0. The molecule has 1 atom stereocenters. The van der Waals surface area contributed by atoms with E-state index in [9.17, 15) is 9.59 Å². The first-order chi connectivity index (χ1) is 8.72. The van der Waals surface area contributed by atoms with Gasteiger partial charge in [0.2, 0.25) is 5.91 Å². The summed E-state index contributed by atoms with van der Waals surface area (Å²) in [5.74, 6) is -0.0487. The zero-order valence-corrected chi connectivity index (χ0v) is 10.3. The monoisotopic (exact) mass is 247 g/mol. The van der Waals surface area contributed by atoms with Crippen LogP contribution in [0, 0.1) is 0 Å². The number of carbonyl (C=O) groups is 2. The lowest BCUT2D eigenvalue weighted by atomic mass is 10.2. The predicted molar refractivity (Wildman–Crippen MR) is 69.4 cm³/mol. The van der Waals surface area contributed by atoms with Crippen molar-refractivity contribution in [2.24, 2.45) is 0 Å². The number of para-hydroxylation sites is 1. The topological polar surface area (TPSA) is 61.4 Å². The fraction of sp³-hybridized carbons (Fsp3) is 0.385. The molecule has 0 saturated carbocycles. The molecule has 1 fully saturated rings. The zero-order valence-electron chi connectivity index (χ0n) is 10.3. The minimum Gasteiger partial charge on any atom is -0.338 e. The fourth-order valence-electron chi connectivity index (χ4n) is 2.05. The summed E-state index contributed by atoms with van der Waals surface area (Å²) in [6.07, 6.45) is 0.644. The van der Waals surface area contributed by atoms with Gasteiger partial charge in [0.1, 0.15) is 6.04 Å². The molecular weight excluding hydrogens is 230 g/mol. The van der Waals surface area contributed by atoms with Gasteiger partial charge in [-0.2, -0.15) is 0 Å². The molecule has 0 radical (unpaired) electrons. The van der Waals surface area contributed by atoms with Gasteiger partial charge in [-0.05, 0) is 25.5 Å². The van der Waals surface area contributed by atoms with Crippen molar-refractivity contribution in [2.45, 2.75) is 19.4 Å². The van der Waals surface area contributed by atoms with Crippen LogP contribution in [0.5, 0.6) is 0 Å². The molecule has 1 aliphatic heterocycles. The van der Waals surface area contributed by atoms with Crippen molar-refractivity contribution in [1.82, 2.24) is 10.6 Å². The van der Waals surface area contributed by atoms with E-state index in [0.29, 0.717) is 19.5 Å². The summed E-state index contributed by atoms with van der Waals surface area (Å²) in [4.78, 5) is 25.2. The summed E-state index contributed by atoms with van der Waals surface area (Å²) < 4.78 is 0. The van der Waals surface area contributed by atoms with Crippen molar-refractivity contribution in [2.75, 3.05) is 18.0 Å². The van der Waals surface area contributed by atoms with Gasteiger partial charge in [-0.25, -0.2) is 4.79 Å². The van der Waals surface area contributed by atoms with Crippen LogP contribution in [0.2, 0.25) is 0 Å². The molecule has 0 aromatic heterocycles. The first kappa shape index (κ1) is 12.4. The van der Waals surface area contributed by atoms with Crippen molar-refractivity contribution in [3.8, 4) is 0 Å². The molecule has 0 aliphatic carbocycles. The number of benzene rings is 1. The Kier molecular flexibility index (Phi) is 3.82. The first-order valence-corrected chi connectivity index (χ1v) is 6.13. The second-order valence-corrected chi connectivity index (χ2v) is 4.17. The van der Waals surface area contributed by atoms with Gasteiger partial charge in [0, 0.05) is 18.8 Å². The number of amides is 3.